The van der Waals surface area contributed by atoms with Crippen LogP contribution in [0.2, 0.25) is 10.6 Å². The van der Waals surface area contributed by atoms with Gasteiger partial charge in [-0.05, 0) is 53.5 Å². The van der Waals surface area contributed by atoms with Crippen molar-refractivity contribution in [3.63, 3.8) is 0 Å². The van der Waals surface area contributed by atoms with Gasteiger partial charge in [0.15, 0.2) is 5.75 Å². The summed E-state index contributed by atoms with van der Waals surface area (Å²) in [6.45, 7) is 0. The molecule has 17 nitrogen and oxygen atoms in total. The third-order valence-electron chi connectivity index (χ3n) is 5.33. The van der Waals surface area contributed by atoms with Crippen molar-refractivity contribution in [3.8, 4) is 5.75 Å². The fourth-order valence-corrected chi connectivity index (χ4v) is 4.76. The molecule has 1 atom stereocenters. The Bertz CT molecular complexity index is 2010. The van der Waals surface area contributed by atoms with Crippen molar-refractivity contribution >= 4 is 72.4 Å². The first-order chi connectivity index (χ1) is 20.6. The number of nitrogens with zero attached hydrogens (tertiary/aromatic N) is 7. The van der Waals surface area contributed by atoms with E-state index in [4.69, 9.17) is 23.2 Å². The second kappa shape index (κ2) is 12.9. The number of carbonyl (C=O) groups is 1. The van der Waals surface area contributed by atoms with Crippen molar-refractivity contribution in [3.05, 3.63) is 82.4 Å². The molecule has 0 spiro atoms. The van der Waals surface area contributed by atoms with E-state index >= 15 is 0 Å². The Hall–Kier alpha value is -4.66. The van der Waals surface area contributed by atoms with Gasteiger partial charge in [0.1, 0.15) is 11.4 Å². The van der Waals surface area contributed by atoms with E-state index < -0.39 is 64.9 Å². The molecule has 4 aromatic rings. The Morgan fingerprint density at radius 1 is 0.795 bits per heavy atom. The van der Waals surface area contributed by atoms with Crippen LogP contribution in [0.4, 0.5) is 23.0 Å². The van der Waals surface area contributed by atoms with E-state index in [1.165, 1.54) is 12.1 Å². The van der Waals surface area contributed by atoms with Crippen LogP contribution in [0.3, 0.4) is 0 Å². The highest BCUT2D eigenvalue weighted by atomic mass is 35.5. The molecule has 0 radical (unpaired) electrons. The van der Waals surface area contributed by atoms with Crippen LogP contribution >= 0.6 is 23.2 Å². The first-order valence-electron chi connectivity index (χ1n) is 11.5. The summed E-state index contributed by atoms with van der Waals surface area (Å²) in [5.41, 5.74) is -1.48. The molecule has 0 saturated heterocycles. The number of azo groups is 2. The fourth-order valence-electron chi connectivity index (χ4n) is 3.37. The van der Waals surface area contributed by atoms with Crippen LogP contribution < -0.4 is 5.32 Å². The molecular weight excluding hydrogens is 667 g/mol. The average molecular weight is 683 g/mol. The van der Waals surface area contributed by atoms with Crippen molar-refractivity contribution < 1.29 is 40.9 Å². The molecule has 0 saturated carbocycles. The van der Waals surface area contributed by atoms with Gasteiger partial charge in [0.05, 0.1) is 21.0 Å². The lowest BCUT2D eigenvalue weighted by molar-refractivity contribution is 0.0697. The number of aromatic nitrogens is 3. The highest BCUT2D eigenvalue weighted by molar-refractivity contribution is 7.86. The van der Waals surface area contributed by atoms with Crippen LogP contribution in [-0.2, 0) is 20.2 Å². The summed E-state index contributed by atoms with van der Waals surface area (Å²) in [6.07, 6.45) is -1.38. The zero-order valence-corrected chi connectivity index (χ0v) is 24.5. The van der Waals surface area contributed by atoms with Crippen LogP contribution in [0, 0.1) is 0 Å². The normalized spacial score (nSPS) is 12.9. The summed E-state index contributed by atoms with van der Waals surface area (Å²) in [7, 11) is -9.59. The number of aromatic hydroxyl groups is 1. The van der Waals surface area contributed by atoms with E-state index in [0.717, 1.165) is 30.3 Å². The van der Waals surface area contributed by atoms with Gasteiger partial charge in [0, 0.05) is 5.56 Å². The average Bonchev–Trinajstić information content (AvgIpc) is 2.93. The summed E-state index contributed by atoms with van der Waals surface area (Å²) < 4.78 is 66.1. The maximum atomic E-state index is 12.0. The monoisotopic (exact) mass is 682 g/mol. The van der Waals surface area contributed by atoms with E-state index in [0.29, 0.717) is 5.56 Å². The van der Waals surface area contributed by atoms with E-state index in [-0.39, 0.29) is 22.2 Å². The molecule has 0 bridgehead atoms. The van der Waals surface area contributed by atoms with Gasteiger partial charge in [0.2, 0.25) is 22.7 Å². The van der Waals surface area contributed by atoms with Crippen molar-refractivity contribution in [1.29, 1.82) is 0 Å². The second-order valence-corrected chi connectivity index (χ2v) is 11.8. The van der Waals surface area contributed by atoms with E-state index in [2.05, 4.69) is 40.7 Å². The molecule has 1 aromatic heterocycles. The SMILES string of the molecule is O=C(O)c1ccc(S(=O)(=O)O)cc1N=NC(N=Nc1cc(S(=O)(=O)O)cc(Nc2nc(Cl)nc(Cl)n2)c1O)c1ccccc1. The van der Waals surface area contributed by atoms with Crippen LogP contribution in [0.25, 0.3) is 0 Å². The Kier molecular flexibility index (Phi) is 9.47. The summed E-state index contributed by atoms with van der Waals surface area (Å²) >= 11 is 11.5. The molecule has 228 valence electrons. The van der Waals surface area contributed by atoms with Gasteiger partial charge in [-0.2, -0.15) is 47.1 Å². The number of phenols is 1. The maximum absolute atomic E-state index is 12.0. The lowest BCUT2D eigenvalue weighted by Crippen LogP contribution is -2.03. The first-order valence-corrected chi connectivity index (χ1v) is 15.2. The van der Waals surface area contributed by atoms with Crippen molar-refractivity contribution in [2.24, 2.45) is 20.5 Å². The maximum Gasteiger partial charge on any atom is 0.337 e. The predicted octanol–water partition coefficient (Wildman–Crippen LogP) is 5.39. The van der Waals surface area contributed by atoms with Crippen LogP contribution in [0.5, 0.6) is 5.75 Å². The van der Waals surface area contributed by atoms with Gasteiger partial charge in [-0.1, -0.05) is 30.3 Å². The number of halogens is 2. The van der Waals surface area contributed by atoms with E-state index in [1.54, 1.807) is 18.2 Å². The van der Waals surface area contributed by atoms with E-state index in [9.17, 15) is 40.9 Å². The number of nitrogens with one attached hydrogen (secondary N) is 1. The third-order valence-corrected chi connectivity index (χ3v) is 7.35. The number of aromatic carboxylic acids is 1. The highest BCUT2D eigenvalue weighted by Crippen LogP contribution is 2.39. The Labute approximate surface area is 257 Å². The number of phenolic OH excluding ortho intramolecular Hbond substituents is 1. The van der Waals surface area contributed by atoms with Crippen LogP contribution in [-0.4, -0.2) is 57.1 Å². The minimum Gasteiger partial charge on any atom is -0.504 e. The van der Waals surface area contributed by atoms with Gasteiger partial charge in [0.25, 0.3) is 20.2 Å². The van der Waals surface area contributed by atoms with Crippen LogP contribution in [0.1, 0.15) is 22.1 Å². The molecular formula is C23H16Cl2N8O9S2. The van der Waals surface area contributed by atoms with Gasteiger partial charge < -0.3 is 15.5 Å². The number of anilines is 2. The largest absolute Gasteiger partial charge is 0.504 e. The molecule has 1 heterocycles. The van der Waals surface area contributed by atoms with Gasteiger partial charge in [-0.3, -0.25) is 9.11 Å². The Morgan fingerprint density at radius 2 is 1.36 bits per heavy atom. The molecule has 0 fully saturated rings. The first kappa shape index (κ1) is 32.3. The molecule has 5 N–H and O–H groups in total. The molecule has 44 heavy (non-hydrogen) atoms. The molecule has 0 aliphatic heterocycles. The lowest BCUT2D eigenvalue weighted by Gasteiger charge is -2.11. The summed E-state index contributed by atoms with van der Waals surface area (Å²) in [5, 5.41) is 37.8. The molecule has 0 amide bonds. The van der Waals surface area contributed by atoms with Crippen LogP contribution in [0.15, 0.2) is 90.9 Å². The van der Waals surface area contributed by atoms with Crippen molar-refractivity contribution in [2.45, 2.75) is 16.0 Å². The minimum absolute atomic E-state index is 0.307. The molecule has 0 aliphatic carbocycles. The minimum atomic E-state index is -4.86. The van der Waals surface area contributed by atoms with Crippen molar-refractivity contribution in [2.75, 3.05) is 5.32 Å². The fraction of sp³-hybridized carbons (Fsp3) is 0.0435. The van der Waals surface area contributed by atoms with Gasteiger partial charge in [-0.15, -0.1) is 5.11 Å². The second-order valence-electron chi connectivity index (χ2n) is 8.31. The quantitative estimate of drug-likeness (QED) is 0.0798. The number of hydrogen-bond donors (Lipinski definition) is 5. The highest BCUT2D eigenvalue weighted by Gasteiger charge is 2.20. The lowest BCUT2D eigenvalue weighted by atomic mass is 10.2. The van der Waals surface area contributed by atoms with Gasteiger partial charge >= 0.3 is 5.97 Å². The Balaban J connectivity index is 1.81. The summed E-state index contributed by atoms with van der Waals surface area (Å²) in [6, 6.07) is 12.1. The molecule has 3 aromatic carbocycles. The molecule has 0 aliphatic rings. The molecule has 4 rings (SSSR count). The summed E-state index contributed by atoms with van der Waals surface area (Å²) in [5.74, 6) is -2.49. The van der Waals surface area contributed by atoms with Crippen molar-refractivity contribution in [1.82, 2.24) is 15.0 Å². The zero-order valence-electron chi connectivity index (χ0n) is 21.4. The number of benzene rings is 3. The number of hydrogen-bond acceptors (Lipinski definition) is 14. The number of carboxylic acid groups (broad SMARTS) is 1. The van der Waals surface area contributed by atoms with Gasteiger partial charge in [-0.25, -0.2) is 4.79 Å². The number of rotatable bonds is 10. The standard InChI is InChI=1S/C23H16Cl2N8O9S2/c24-21-27-22(25)29-23(28-21)26-16-9-13(44(40,41)42)10-17(18(16)34)31-33-19(11-4-2-1-3-5-11)32-30-15-8-12(43(37,38)39)6-7-14(15)20(35)36/h1-10,19,34H,(H,35,36)(H,37,38,39)(H,40,41,42)(H,26,27,28,29). The summed E-state index contributed by atoms with van der Waals surface area (Å²) in [4.78, 5) is 21.3. The molecule has 21 heteroatoms. The topological polar surface area (TPSA) is 266 Å². The van der Waals surface area contributed by atoms with E-state index in [1.807, 2.05) is 0 Å². The molecule has 1 unspecified atom stereocenters. The Morgan fingerprint density at radius 3 is 1.93 bits per heavy atom. The zero-order chi connectivity index (χ0) is 32.2. The number of carboxylic acids is 1. The smallest absolute Gasteiger partial charge is 0.337 e. The predicted molar refractivity (Wildman–Crippen MR) is 152 cm³/mol. The third kappa shape index (κ3) is 8.03.